The van der Waals surface area contributed by atoms with Crippen molar-refractivity contribution in [2.24, 2.45) is 7.05 Å². The molecule has 0 aromatic carbocycles. The molecular formula is C15H23N3O2. The van der Waals surface area contributed by atoms with Crippen LogP contribution in [0.5, 0.6) is 0 Å². The van der Waals surface area contributed by atoms with Gasteiger partial charge in [0.05, 0.1) is 12.9 Å². The maximum Gasteiger partial charge on any atom is 0.133 e. The first-order chi connectivity index (χ1) is 9.76. The van der Waals surface area contributed by atoms with Gasteiger partial charge in [-0.1, -0.05) is 13.3 Å². The zero-order chi connectivity index (χ0) is 14.4. The maximum absolute atomic E-state index is 5.57. The molecule has 5 nitrogen and oxygen atoms in total. The van der Waals surface area contributed by atoms with Gasteiger partial charge in [-0.05, 0) is 18.6 Å². The largest absolute Gasteiger partial charge is 0.467 e. The topological polar surface area (TPSA) is 52.2 Å². The lowest BCUT2D eigenvalue weighted by Crippen LogP contribution is -2.37. The lowest BCUT2D eigenvalue weighted by Gasteiger charge is -2.23. The van der Waals surface area contributed by atoms with Gasteiger partial charge in [-0.3, -0.25) is 5.32 Å². The highest BCUT2D eigenvalue weighted by atomic mass is 16.5. The van der Waals surface area contributed by atoms with Crippen LogP contribution in [-0.2, 0) is 11.8 Å². The molecule has 1 N–H and O–H groups in total. The molecule has 2 rings (SSSR count). The molecule has 2 unspecified atom stereocenters. The first-order valence-corrected chi connectivity index (χ1v) is 7.01. The predicted molar refractivity (Wildman–Crippen MR) is 77.5 cm³/mol. The van der Waals surface area contributed by atoms with Gasteiger partial charge in [0.15, 0.2) is 0 Å². The lowest BCUT2D eigenvalue weighted by atomic mass is 10.1. The summed E-state index contributed by atoms with van der Waals surface area (Å²) in [4.78, 5) is 4.45. The molecule has 0 aliphatic rings. The Bertz CT molecular complexity index is 487. The molecule has 2 aromatic heterocycles. The first kappa shape index (κ1) is 14.8. The molecule has 2 heterocycles. The molecule has 0 bridgehead atoms. The normalized spacial score (nSPS) is 14.3. The molecule has 2 atom stereocenters. The average molecular weight is 277 g/mol. The van der Waals surface area contributed by atoms with Crippen molar-refractivity contribution in [2.75, 3.05) is 13.7 Å². The predicted octanol–water partition coefficient (Wildman–Crippen LogP) is 2.51. The second kappa shape index (κ2) is 7.26. The van der Waals surface area contributed by atoms with E-state index in [4.69, 9.17) is 9.15 Å². The zero-order valence-electron chi connectivity index (χ0n) is 12.4. The molecule has 0 fully saturated rings. The van der Waals surface area contributed by atoms with E-state index in [2.05, 4.69) is 17.2 Å². The van der Waals surface area contributed by atoms with Crippen LogP contribution in [0.4, 0.5) is 0 Å². The fourth-order valence-corrected chi connectivity index (χ4v) is 2.39. The van der Waals surface area contributed by atoms with Crippen molar-refractivity contribution in [1.29, 1.82) is 0 Å². The van der Waals surface area contributed by atoms with Gasteiger partial charge >= 0.3 is 0 Å². The molecule has 0 radical (unpaired) electrons. The molecule has 110 valence electrons. The quantitative estimate of drug-likeness (QED) is 0.805. The lowest BCUT2D eigenvalue weighted by molar-refractivity contribution is 0.155. The van der Waals surface area contributed by atoms with Gasteiger partial charge in [0.2, 0.25) is 0 Å². The molecule has 0 spiro atoms. The Balaban J connectivity index is 2.21. The fraction of sp³-hybridized carbons (Fsp3) is 0.533. The highest BCUT2D eigenvalue weighted by Gasteiger charge is 2.23. The minimum atomic E-state index is -0.0586. The van der Waals surface area contributed by atoms with Gasteiger partial charge < -0.3 is 13.7 Å². The molecule has 0 aliphatic carbocycles. The fourth-order valence-electron chi connectivity index (χ4n) is 2.39. The number of imidazole rings is 1. The first-order valence-electron chi connectivity index (χ1n) is 7.01. The number of furan rings is 1. The summed E-state index contributed by atoms with van der Waals surface area (Å²) in [5.41, 5.74) is 0. The van der Waals surface area contributed by atoms with Crippen molar-refractivity contribution >= 4 is 0 Å². The van der Waals surface area contributed by atoms with E-state index in [0.717, 1.165) is 24.4 Å². The van der Waals surface area contributed by atoms with Gasteiger partial charge in [0, 0.05) is 32.6 Å². The summed E-state index contributed by atoms with van der Waals surface area (Å²) in [7, 11) is 3.72. The van der Waals surface area contributed by atoms with Gasteiger partial charge in [0.25, 0.3) is 0 Å². The smallest absolute Gasteiger partial charge is 0.133 e. The SMILES string of the molecule is CCCC(COC)NC(c1ccco1)c1nccn1C. The van der Waals surface area contributed by atoms with Crippen molar-refractivity contribution in [3.05, 3.63) is 42.4 Å². The van der Waals surface area contributed by atoms with Crippen molar-refractivity contribution in [2.45, 2.75) is 31.8 Å². The standard InChI is InChI=1S/C15H23N3O2/c1-4-6-12(11-19-3)17-14(13-7-5-10-20-13)15-16-8-9-18(15)2/h5,7-10,12,14,17H,4,6,11H2,1-3H3. The second-order valence-electron chi connectivity index (χ2n) is 4.95. The monoisotopic (exact) mass is 277 g/mol. The van der Waals surface area contributed by atoms with Crippen LogP contribution in [0.15, 0.2) is 35.2 Å². The van der Waals surface area contributed by atoms with E-state index in [0.29, 0.717) is 6.61 Å². The Morgan fingerprint density at radius 2 is 2.35 bits per heavy atom. The number of methoxy groups -OCH3 is 1. The molecule has 20 heavy (non-hydrogen) atoms. The Hall–Kier alpha value is -1.59. The third-order valence-electron chi connectivity index (χ3n) is 3.35. The van der Waals surface area contributed by atoms with E-state index < -0.39 is 0 Å². The van der Waals surface area contributed by atoms with Crippen LogP contribution >= 0.6 is 0 Å². The summed E-state index contributed by atoms with van der Waals surface area (Å²) in [6, 6.07) is 4.09. The average Bonchev–Trinajstić information content (AvgIpc) is 3.08. The number of hydrogen-bond donors (Lipinski definition) is 1. The number of nitrogens with one attached hydrogen (secondary N) is 1. The summed E-state index contributed by atoms with van der Waals surface area (Å²) < 4.78 is 12.9. The van der Waals surface area contributed by atoms with Crippen LogP contribution in [0.2, 0.25) is 0 Å². The van der Waals surface area contributed by atoms with Crippen molar-refractivity contribution in [1.82, 2.24) is 14.9 Å². The summed E-state index contributed by atoms with van der Waals surface area (Å²) in [5, 5.41) is 3.60. The van der Waals surface area contributed by atoms with Gasteiger partial charge in [-0.15, -0.1) is 0 Å². The van der Waals surface area contributed by atoms with Crippen LogP contribution in [-0.4, -0.2) is 29.3 Å². The van der Waals surface area contributed by atoms with Crippen LogP contribution in [0.1, 0.15) is 37.4 Å². The van der Waals surface area contributed by atoms with E-state index in [9.17, 15) is 0 Å². The number of nitrogens with zero attached hydrogens (tertiary/aromatic N) is 2. The number of aryl methyl sites for hydroxylation is 1. The van der Waals surface area contributed by atoms with Crippen molar-refractivity contribution in [3.63, 3.8) is 0 Å². The molecule has 0 amide bonds. The Labute approximate surface area is 120 Å². The maximum atomic E-state index is 5.57. The molecule has 0 saturated heterocycles. The molecule has 0 saturated carbocycles. The Kier molecular flexibility index (Phi) is 5.38. The van der Waals surface area contributed by atoms with Crippen molar-refractivity contribution in [3.8, 4) is 0 Å². The van der Waals surface area contributed by atoms with Crippen molar-refractivity contribution < 1.29 is 9.15 Å². The van der Waals surface area contributed by atoms with Gasteiger partial charge in [-0.2, -0.15) is 0 Å². The summed E-state index contributed by atoms with van der Waals surface area (Å²) in [5.74, 6) is 1.81. The van der Waals surface area contributed by atoms with Crippen LogP contribution in [0.25, 0.3) is 0 Å². The third kappa shape index (κ3) is 3.49. The minimum Gasteiger partial charge on any atom is -0.467 e. The molecule has 0 aliphatic heterocycles. The van der Waals surface area contributed by atoms with Crippen LogP contribution in [0.3, 0.4) is 0 Å². The summed E-state index contributed by atoms with van der Waals surface area (Å²) in [6.45, 7) is 2.85. The second-order valence-corrected chi connectivity index (χ2v) is 4.95. The highest BCUT2D eigenvalue weighted by Crippen LogP contribution is 2.22. The van der Waals surface area contributed by atoms with E-state index in [-0.39, 0.29) is 12.1 Å². The number of aromatic nitrogens is 2. The minimum absolute atomic E-state index is 0.0586. The number of ether oxygens (including phenoxy) is 1. The highest BCUT2D eigenvalue weighted by molar-refractivity contribution is 5.16. The number of hydrogen-bond acceptors (Lipinski definition) is 4. The third-order valence-corrected chi connectivity index (χ3v) is 3.35. The van der Waals surface area contributed by atoms with E-state index >= 15 is 0 Å². The van der Waals surface area contributed by atoms with Crippen LogP contribution in [0, 0.1) is 0 Å². The summed E-state index contributed by atoms with van der Waals surface area (Å²) >= 11 is 0. The number of rotatable bonds is 8. The van der Waals surface area contributed by atoms with E-state index in [1.807, 2.05) is 29.9 Å². The Morgan fingerprint density at radius 1 is 1.50 bits per heavy atom. The van der Waals surface area contributed by atoms with E-state index in [1.54, 1.807) is 19.6 Å². The van der Waals surface area contributed by atoms with Gasteiger partial charge in [-0.25, -0.2) is 4.98 Å². The molecule has 2 aromatic rings. The zero-order valence-corrected chi connectivity index (χ0v) is 12.4. The summed E-state index contributed by atoms with van der Waals surface area (Å²) in [6.07, 6.45) is 7.59. The molecular weight excluding hydrogens is 254 g/mol. The van der Waals surface area contributed by atoms with Crippen LogP contribution < -0.4 is 5.32 Å². The Morgan fingerprint density at radius 3 is 2.90 bits per heavy atom. The van der Waals surface area contributed by atoms with E-state index in [1.165, 1.54) is 0 Å². The molecule has 5 heteroatoms. The van der Waals surface area contributed by atoms with Gasteiger partial charge in [0.1, 0.15) is 17.6 Å².